The molecule has 0 unspecified atom stereocenters. The highest BCUT2D eigenvalue weighted by molar-refractivity contribution is 6.30. The number of hydrogen-bond donors (Lipinski definition) is 2. The van der Waals surface area contributed by atoms with E-state index >= 15 is 0 Å². The molecule has 0 bridgehead atoms. The Morgan fingerprint density at radius 1 is 1.20 bits per heavy atom. The van der Waals surface area contributed by atoms with Crippen LogP contribution < -0.4 is 10.2 Å². The lowest BCUT2D eigenvalue weighted by atomic mass is 10.1. The highest BCUT2D eigenvalue weighted by Crippen LogP contribution is 2.16. The van der Waals surface area contributed by atoms with Crippen molar-refractivity contribution >= 4 is 29.7 Å². The fourth-order valence-electron chi connectivity index (χ4n) is 1.71. The normalized spacial score (nSPS) is 11.4. The van der Waals surface area contributed by atoms with E-state index in [0.717, 1.165) is 0 Å². The predicted octanol–water partition coefficient (Wildman–Crippen LogP) is 2.78. The number of hydrogen-bond acceptors (Lipinski definition) is 5. The number of nitrogens with zero attached hydrogens (tertiary/aromatic N) is 1. The highest BCUT2D eigenvalue weighted by atomic mass is 35.5. The number of hydrazone groups is 1. The standard InChI is InChI=1S/C18H17ClN2O4/c1-18(2,24)17(23)21-20-11-12-4-3-5-15(10-12)25-16(22)13-6-8-14(19)9-7-13/h3-11,24H,1-2H3,(H,21,23)/b20-11-. The zero-order chi connectivity index (χ0) is 18.4. The van der Waals surface area contributed by atoms with E-state index in [1.807, 2.05) is 0 Å². The molecule has 0 atom stereocenters. The first kappa shape index (κ1) is 18.6. The Kier molecular flexibility index (Phi) is 5.90. The zero-order valence-corrected chi connectivity index (χ0v) is 14.4. The molecule has 0 heterocycles. The summed E-state index contributed by atoms with van der Waals surface area (Å²) < 4.78 is 5.29. The lowest BCUT2D eigenvalue weighted by Crippen LogP contribution is -2.39. The summed E-state index contributed by atoms with van der Waals surface area (Å²) in [5, 5.41) is 13.8. The van der Waals surface area contributed by atoms with Gasteiger partial charge in [0, 0.05) is 5.02 Å². The first-order valence-electron chi connectivity index (χ1n) is 7.39. The monoisotopic (exact) mass is 360 g/mol. The Hall–Kier alpha value is -2.70. The van der Waals surface area contributed by atoms with Crippen LogP contribution >= 0.6 is 11.6 Å². The molecule has 2 rings (SSSR count). The van der Waals surface area contributed by atoms with E-state index in [1.54, 1.807) is 48.5 Å². The van der Waals surface area contributed by atoms with Gasteiger partial charge in [0.05, 0.1) is 11.8 Å². The number of aliphatic hydroxyl groups is 1. The quantitative estimate of drug-likeness (QED) is 0.371. The van der Waals surface area contributed by atoms with E-state index in [9.17, 15) is 14.7 Å². The van der Waals surface area contributed by atoms with Crippen LogP contribution in [-0.4, -0.2) is 28.8 Å². The predicted molar refractivity (Wildman–Crippen MR) is 94.9 cm³/mol. The third kappa shape index (κ3) is 5.70. The van der Waals surface area contributed by atoms with Crippen LogP contribution in [0.5, 0.6) is 5.75 Å². The van der Waals surface area contributed by atoms with Gasteiger partial charge < -0.3 is 9.84 Å². The Balaban J connectivity index is 2.02. The number of nitrogens with one attached hydrogen (secondary N) is 1. The van der Waals surface area contributed by atoms with Crippen LogP contribution in [0.25, 0.3) is 0 Å². The van der Waals surface area contributed by atoms with Gasteiger partial charge in [0.15, 0.2) is 0 Å². The van der Waals surface area contributed by atoms with E-state index in [2.05, 4.69) is 10.5 Å². The first-order valence-corrected chi connectivity index (χ1v) is 7.77. The smallest absolute Gasteiger partial charge is 0.343 e. The van der Waals surface area contributed by atoms with Gasteiger partial charge in [-0.05, 0) is 55.8 Å². The number of halogens is 1. The van der Waals surface area contributed by atoms with Gasteiger partial charge in [-0.25, -0.2) is 10.2 Å². The zero-order valence-electron chi connectivity index (χ0n) is 13.7. The van der Waals surface area contributed by atoms with Crippen molar-refractivity contribution in [3.05, 3.63) is 64.7 Å². The van der Waals surface area contributed by atoms with Gasteiger partial charge >= 0.3 is 5.97 Å². The summed E-state index contributed by atoms with van der Waals surface area (Å²) in [4.78, 5) is 23.6. The topological polar surface area (TPSA) is 88.0 Å². The van der Waals surface area contributed by atoms with Crippen molar-refractivity contribution in [1.29, 1.82) is 0 Å². The number of carbonyl (C=O) groups excluding carboxylic acids is 2. The molecule has 130 valence electrons. The third-order valence-electron chi connectivity index (χ3n) is 3.08. The molecule has 1 amide bonds. The van der Waals surface area contributed by atoms with Crippen molar-refractivity contribution in [2.45, 2.75) is 19.4 Å². The molecule has 25 heavy (non-hydrogen) atoms. The van der Waals surface area contributed by atoms with Gasteiger partial charge in [0.1, 0.15) is 11.4 Å². The van der Waals surface area contributed by atoms with Crippen LogP contribution in [0.2, 0.25) is 5.02 Å². The molecule has 0 radical (unpaired) electrons. The highest BCUT2D eigenvalue weighted by Gasteiger charge is 2.22. The SMILES string of the molecule is CC(C)(O)C(=O)N/N=C\c1cccc(OC(=O)c2ccc(Cl)cc2)c1. The van der Waals surface area contributed by atoms with Crippen molar-refractivity contribution in [2.24, 2.45) is 5.10 Å². The number of esters is 1. The van der Waals surface area contributed by atoms with Crippen molar-refractivity contribution in [3.63, 3.8) is 0 Å². The average Bonchev–Trinajstić information content (AvgIpc) is 2.55. The van der Waals surface area contributed by atoms with Crippen LogP contribution in [0.4, 0.5) is 0 Å². The van der Waals surface area contributed by atoms with Gasteiger partial charge in [-0.1, -0.05) is 23.7 Å². The molecule has 0 aliphatic rings. The molecule has 2 aromatic carbocycles. The maximum Gasteiger partial charge on any atom is 0.343 e. The molecule has 0 aliphatic carbocycles. The summed E-state index contributed by atoms with van der Waals surface area (Å²) in [6.07, 6.45) is 1.38. The van der Waals surface area contributed by atoms with Crippen molar-refractivity contribution in [3.8, 4) is 5.75 Å². The summed E-state index contributed by atoms with van der Waals surface area (Å²) in [6.45, 7) is 2.71. The molecule has 2 aromatic rings. The van der Waals surface area contributed by atoms with Crippen LogP contribution in [0.3, 0.4) is 0 Å². The van der Waals surface area contributed by atoms with Crippen molar-refractivity contribution < 1.29 is 19.4 Å². The van der Waals surface area contributed by atoms with Gasteiger partial charge in [-0.3, -0.25) is 4.79 Å². The minimum atomic E-state index is -1.52. The summed E-state index contributed by atoms with van der Waals surface area (Å²) >= 11 is 5.78. The molecule has 0 spiro atoms. The molecule has 0 saturated carbocycles. The molecule has 0 saturated heterocycles. The Morgan fingerprint density at radius 2 is 1.88 bits per heavy atom. The van der Waals surface area contributed by atoms with Gasteiger partial charge in [-0.2, -0.15) is 5.10 Å². The number of ether oxygens (including phenoxy) is 1. The maximum atomic E-state index is 12.1. The minimum absolute atomic E-state index is 0.331. The molecule has 7 heteroatoms. The van der Waals surface area contributed by atoms with Crippen molar-refractivity contribution in [1.82, 2.24) is 5.43 Å². The number of amides is 1. The second-order valence-electron chi connectivity index (χ2n) is 5.73. The lowest BCUT2D eigenvalue weighted by Gasteiger charge is -2.13. The summed E-state index contributed by atoms with van der Waals surface area (Å²) in [5.74, 6) is -0.812. The fraction of sp³-hybridized carbons (Fsp3) is 0.167. The van der Waals surface area contributed by atoms with Gasteiger partial charge in [0.2, 0.25) is 0 Å². The van der Waals surface area contributed by atoms with E-state index in [0.29, 0.717) is 21.9 Å². The van der Waals surface area contributed by atoms with Crippen molar-refractivity contribution in [2.75, 3.05) is 0 Å². The van der Waals surface area contributed by atoms with Crippen LogP contribution in [0.1, 0.15) is 29.8 Å². The molecular weight excluding hydrogens is 344 g/mol. The Bertz CT molecular complexity index is 795. The molecule has 6 nitrogen and oxygen atoms in total. The molecular formula is C18H17ClN2O4. The summed E-state index contributed by atoms with van der Waals surface area (Å²) in [5.41, 5.74) is 1.69. The largest absolute Gasteiger partial charge is 0.423 e. The van der Waals surface area contributed by atoms with E-state index in [4.69, 9.17) is 16.3 Å². The van der Waals surface area contributed by atoms with Crippen LogP contribution in [0, 0.1) is 0 Å². The number of carbonyl (C=O) groups is 2. The van der Waals surface area contributed by atoms with Crippen LogP contribution in [0.15, 0.2) is 53.6 Å². The van der Waals surface area contributed by atoms with E-state index in [1.165, 1.54) is 20.1 Å². The van der Waals surface area contributed by atoms with Crippen LogP contribution in [-0.2, 0) is 4.79 Å². The molecule has 2 N–H and O–H groups in total. The average molecular weight is 361 g/mol. The maximum absolute atomic E-state index is 12.1. The van der Waals surface area contributed by atoms with Gasteiger partial charge in [0.25, 0.3) is 5.91 Å². The fourth-order valence-corrected chi connectivity index (χ4v) is 1.84. The second kappa shape index (κ2) is 7.92. The number of benzene rings is 2. The van der Waals surface area contributed by atoms with Gasteiger partial charge in [-0.15, -0.1) is 0 Å². The Labute approximate surface area is 150 Å². The first-order chi connectivity index (χ1) is 11.8. The Morgan fingerprint density at radius 3 is 2.52 bits per heavy atom. The molecule has 0 fully saturated rings. The third-order valence-corrected chi connectivity index (χ3v) is 3.34. The molecule has 0 aromatic heterocycles. The number of rotatable bonds is 5. The van der Waals surface area contributed by atoms with E-state index < -0.39 is 17.5 Å². The molecule has 0 aliphatic heterocycles. The minimum Gasteiger partial charge on any atom is -0.423 e. The summed E-state index contributed by atoms with van der Waals surface area (Å²) in [7, 11) is 0. The summed E-state index contributed by atoms with van der Waals surface area (Å²) in [6, 6.07) is 13.0. The van der Waals surface area contributed by atoms with E-state index in [-0.39, 0.29) is 0 Å². The second-order valence-corrected chi connectivity index (χ2v) is 6.16. The lowest BCUT2D eigenvalue weighted by molar-refractivity contribution is -0.136.